The smallest absolute Gasteiger partial charge is 0.194 e. The topological polar surface area (TPSA) is 26.0 Å². The van der Waals surface area contributed by atoms with E-state index in [1.807, 2.05) is 0 Å². The van der Waals surface area contributed by atoms with Crippen LogP contribution in [0.5, 0.6) is 0 Å². The van der Waals surface area contributed by atoms with Crippen molar-refractivity contribution >= 4 is 11.6 Å². The van der Waals surface area contributed by atoms with Gasteiger partial charge in [-0.05, 0) is 18.8 Å². The lowest BCUT2D eigenvalue weighted by Crippen LogP contribution is -1.94. The summed E-state index contributed by atoms with van der Waals surface area (Å²) in [4.78, 5) is 4.36. The first kappa shape index (κ1) is 10.6. The Balaban J connectivity index is 2.44. The molecule has 3 heteroatoms. The van der Waals surface area contributed by atoms with E-state index < -0.39 is 0 Å². The molecule has 0 spiro atoms. The molecule has 0 amide bonds. The molecule has 0 saturated heterocycles. The Bertz CT molecular complexity index is 245. The molecule has 0 aliphatic carbocycles. The van der Waals surface area contributed by atoms with Crippen molar-refractivity contribution in [3.63, 3.8) is 0 Å². The Morgan fingerprint density at radius 1 is 1.54 bits per heavy atom. The van der Waals surface area contributed by atoms with Gasteiger partial charge in [0.2, 0.25) is 0 Å². The van der Waals surface area contributed by atoms with E-state index in [-0.39, 0.29) is 0 Å². The lowest BCUT2D eigenvalue weighted by molar-refractivity contribution is 0.491. The molecule has 2 nitrogen and oxygen atoms in total. The van der Waals surface area contributed by atoms with Crippen molar-refractivity contribution in [1.29, 1.82) is 0 Å². The zero-order chi connectivity index (χ0) is 9.68. The average Bonchev–Trinajstić information content (AvgIpc) is 2.48. The van der Waals surface area contributed by atoms with Gasteiger partial charge in [-0.3, -0.25) is 0 Å². The van der Waals surface area contributed by atoms with E-state index in [0.29, 0.717) is 11.8 Å². The van der Waals surface area contributed by atoms with Crippen molar-refractivity contribution in [2.75, 3.05) is 5.88 Å². The van der Waals surface area contributed by atoms with E-state index in [9.17, 15) is 0 Å². The Labute approximate surface area is 84.3 Å². The van der Waals surface area contributed by atoms with Gasteiger partial charge < -0.3 is 4.42 Å². The first-order chi connectivity index (χ1) is 6.22. The second kappa shape index (κ2) is 5.28. The lowest BCUT2D eigenvalue weighted by atomic mass is 10.1. The predicted octanol–water partition coefficient (Wildman–Crippen LogP) is 3.04. The third-order valence-corrected chi connectivity index (χ3v) is 2.01. The van der Waals surface area contributed by atoms with Crippen molar-refractivity contribution in [2.45, 2.75) is 33.1 Å². The minimum atomic E-state index is 0.631. The monoisotopic (exact) mass is 201 g/mol. The van der Waals surface area contributed by atoms with Gasteiger partial charge in [0.1, 0.15) is 6.26 Å². The molecule has 0 atom stereocenters. The highest BCUT2D eigenvalue weighted by Gasteiger charge is 2.04. The number of aromatic nitrogens is 1. The first-order valence-corrected chi connectivity index (χ1v) is 5.25. The normalized spacial score (nSPS) is 11.1. The van der Waals surface area contributed by atoms with Crippen LogP contribution in [0.3, 0.4) is 0 Å². The lowest BCUT2D eigenvalue weighted by Gasteiger charge is -1.97. The molecule has 74 valence electrons. The van der Waals surface area contributed by atoms with Crippen molar-refractivity contribution in [3.8, 4) is 0 Å². The van der Waals surface area contributed by atoms with E-state index in [1.165, 1.54) is 0 Å². The van der Waals surface area contributed by atoms with Crippen LogP contribution in [0.1, 0.15) is 31.9 Å². The van der Waals surface area contributed by atoms with Crippen LogP contribution in [0.2, 0.25) is 0 Å². The van der Waals surface area contributed by atoms with Gasteiger partial charge in [-0.2, -0.15) is 0 Å². The van der Waals surface area contributed by atoms with E-state index in [1.54, 1.807) is 6.26 Å². The fourth-order valence-corrected chi connectivity index (χ4v) is 1.33. The maximum atomic E-state index is 5.57. The predicted molar refractivity (Wildman–Crippen MR) is 54.1 cm³/mol. The van der Waals surface area contributed by atoms with Gasteiger partial charge in [0.25, 0.3) is 0 Å². The van der Waals surface area contributed by atoms with Gasteiger partial charge in [-0.15, -0.1) is 11.6 Å². The molecule has 1 aromatic heterocycles. The van der Waals surface area contributed by atoms with E-state index in [4.69, 9.17) is 16.0 Å². The van der Waals surface area contributed by atoms with Crippen molar-refractivity contribution in [2.24, 2.45) is 5.92 Å². The summed E-state index contributed by atoms with van der Waals surface area (Å²) in [6.07, 6.45) is 4.53. The van der Waals surface area contributed by atoms with Gasteiger partial charge in [-0.1, -0.05) is 13.8 Å². The van der Waals surface area contributed by atoms with Crippen LogP contribution in [-0.4, -0.2) is 10.9 Å². The Morgan fingerprint density at radius 2 is 2.31 bits per heavy atom. The van der Waals surface area contributed by atoms with Crippen molar-refractivity contribution in [1.82, 2.24) is 4.98 Å². The van der Waals surface area contributed by atoms with E-state index >= 15 is 0 Å². The molecule has 0 fully saturated rings. The summed E-state index contributed by atoms with van der Waals surface area (Å²) in [6, 6.07) is 0. The highest BCUT2D eigenvalue weighted by molar-refractivity contribution is 6.17. The number of alkyl halides is 1. The first-order valence-electron chi connectivity index (χ1n) is 4.71. The van der Waals surface area contributed by atoms with Crippen LogP contribution in [0.15, 0.2) is 10.7 Å². The second-order valence-electron chi connectivity index (χ2n) is 3.62. The molecule has 1 aromatic rings. The summed E-state index contributed by atoms with van der Waals surface area (Å²) in [7, 11) is 0. The van der Waals surface area contributed by atoms with Crippen LogP contribution >= 0.6 is 11.6 Å². The summed E-state index contributed by atoms with van der Waals surface area (Å²) >= 11 is 5.57. The van der Waals surface area contributed by atoms with Gasteiger partial charge in [0.05, 0.1) is 5.69 Å². The third-order valence-electron chi connectivity index (χ3n) is 1.74. The molecule has 0 aliphatic rings. The van der Waals surface area contributed by atoms with Crippen molar-refractivity contribution < 1.29 is 4.42 Å². The molecule has 0 N–H and O–H groups in total. The second-order valence-corrected chi connectivity index (χ2v) is 4.00. The average molecular weight is 202 g/mol. The molecule has 0 bridgehead atoms. The SMILES string of the molecule is CC(C)Cc1coc(CCCCl)n1. The molecule has 1 rings (SSSR count). The molecular weight excluding hydrogens is 186 g/mol. The molecule has 13 heavy (non-hydrogen) atoms. The summed E-state index contributed by atoms with van der Waals surface area (Å²) in [6.45, 7) is 4.35. The van der Waals surface area contributed by atoms with Gasteiger partial charge >= 0.3 is 0 Å². The fourth-order valence-electron chi connectivity index (χ4n) is 1.19. The van der Waals surface area contributed by atoms with Crippen LogP contribution in [0, 0.1) is 5.92 Å². The maximum Gasteiger partial charge on any atom is 0.194 e. The molecule has 1 heterocycles. The Hall–Kier alpha value is -0.500. The van der Waals surface area contributed by atoms with E-state index in [2.05, 4.69) is 18.8 Å². The molecule has 0 radical (unpaired) electrons. The fraction of sp³-hybridized carbons (Fsp3) is 0.700. The number of rotatable bonds is 5. The van der Waals surface area contributed by atoms with E-state index in [0.717, 1.165) is 30.8 Å². The number of nitrogens with zero attached hydrogens (tertiary/aromatic N) is 1. The minimum absolute atomic E-state index is 0.631. The largest absolute Gasteiger partial charge is 0.449 e. The number of aryl methyl sites for hydroxylation is 1. The highest BCUT2D eigenvalue weighted by Crippen LogP contribution is 2.09. The molecule has 0 saturated carbocycles. The standard InChI is InChI=1S/C10H16ClNO/c1-8(2)6-9-7-13-10(12-9)4-3-5-11/h7-8H,3-6H2,1-2H3. The van der Waals surface area contributed by atoms with Crippen molar-refractivity contribution in [3.05, 3.63) is 17.8 Å². The number of hydrogen-bond acceptors (Lipinski definition) is 2. The van der Waals surface area contributed by atoms with Gasteiger partial charge in [0, 0.05) is 12.3 Å². The minimum Gasteiger partial charge on any atom is -0.449 e. The summed E-state index contributed by atoms with van der Waals surface area (Å²) < 4.78 is 5.30. The number of hydrogen-bond donors (Lipinski definition) is 0. The number of halogens is 1. The molecule has 0 aliphatic heterocycles. The molecular formula is C10H16ClNO. The van der Waals surface area contributed by atoms with Crippen LogP contribution in [0.4, 0.5) is 0 Å². The Morgan fingerprint density at radius 3 is 2.92 bits per heavy atom. The zero-order valence-electron chi connectivity index (χ0n) is 8.22. The van der Waals surface area contributed by atoms with Crippen LogP contribution < -0.4 is 0 Å². The zero-order valence-corrected chi connectivity index (χ0v) is 8.97. The third kappa shape index (κ3) is 3.81. The maximum absolute atomic E-state index is 5.57. The summed E-state index contributed by atoms with van der Waals surface area (Å²) in [5.74, 6) is 2.12. The molecule has 0 unspecified atom stereocenters. The summed E-state index contributed by atoms with van der Waals surface area (Å²) in [5.41, 5.74) is 1.06. The van der Waals surface area contributed by atoms with Crippen LogP contribution in [0.25, 0.3) is 0 Å². The quantitative estimate of drug-likeness (QED) is 0.685. The molecule has 0 aromatic carbocycles. The van der Waals surface area contributed by atoms with Crippen LogP contribution in [-0.2, 0) is 12.8 Å². The highest BCUT2D eigenvalue weighted by atomic mass is 35.5. The Kier molecular flexibility index (Phi) is 4.29. The summed E-state index contributed by atoms with van der Waals surface area (Å²) in [5, 5.41) is 0. The number of oxazole rings is 1. The van der Waals surface area contributed by atoms with Gasteiger partial charge in [-0.25, -0.2) is 4.98 Å². The van der Waals surface area contributed by atoms with Gasteiger partial charge in [0.15, 0.2) is 5.89 Å².